The first-order valence-electron chi connectivity index (χ1n) is 10.8. The summed E-state index contributed by atoms with van der Waals surface area (Å²) in [7, 11) is -4.47. The molecule has 0 spiro atoms. The fourth-order valence-electron chi connectivity index (χ4n) is 4.22. The number of carbonyl (C=O) groups is 2. The summed E-state index contributed by atoms with van der Waals surface area (Å²) in [4.78, 5) is 22.4. The third kappa shape index (κ3) is 4.82. The van der Waals surface area contributed by atoms with E-state index in [0.29, 0.717) is 12.5 Å². The lowest BCUT2D eigenvalue weighted by atomic mass is 9.93. The lowest BCUT2D eigenvalue weighted by Crippen LogP contribution is -2.59. The van der Waals surface area contributed by atoms with Crippen LogP contribution in [0.3, 0.4) is 0 Å². The van der Waals surface area contributed by atoms with E-state index in [2.05, 4.69) is 10.6 Å². The number of hydrogen-bond donors (Lipinski definition) is 3. The fourth-order valence-corrected chi connectivity index (χ4v) is 6.23. The third-order valence-electron chi connectivity index (χ3n) is 6.00. The molecule has 0 radical (unpaired) electrons. The molecule has 8 nitrogen and oxygen atoms in total. The number of carboxylic acids is 1. The van der Waals surface area contributed by atoms with E-state index in [1.54, 1.807) is 12.2 Å². The number of hydrogen-bond acceptors (Lipinski definition) is 4. The van der Waals surface area contributed by atoms with Gasteiger partial charge in [0, 0.05) is 18.5 Å². The van der Waals surface area contributed by atoms with Crippen molar-refractivity contribution in [2.75, 3.05) is 11.9 Å². The first-order valence-corrected chi connectivity index (χ1v) is 12.3. The Morgan fingerprint density at radius 1 is 1.06 bits per heavy atom. The minimum absolute atomic E-state index is 0.0271. The number of allylic oxidation sites excluding steroid dienone is 2. The van der Waals surface area contributed by atoms with Gasteiger partial charge < -0.3 is 15.7 Å². The van der Waals surface area contributed by atoms with Gasteiger partial charge in [-0.05, 0) is 42.7 Å². The van der Waals surface area contributed by atoms with Gasteiger partial charge in [-0.25, -0.2) is 22.0 Å². The maximum atomic E-state index is 14.0. The van der Waals surface area contributed by atoms with Gasteiger partial charge in [-0.1, -0.05) is 42.5 Å². The summed E-state index contributed by atoms with van der Waals surface area (Å²) >= 11 is 0. The maximum Gasteiger partial charge on any atom is 0.322 e. The SMILES string of the molecule is O=C(Nc1ccc(F)cc1F)NC1(S(=O)(=O)N2CCC[C@H]2C(=O)O)C=CC(c2ccccc2)C=C1. The van der Waals surface area contributed by atoms with Gasteiger partial charge in [0.25, 0.3) is 0 Å². The van der Waals surface area contributed by atoms with Crippen molar-refractivity contribution in [1.82, 2.24) is 9.62 Å². The fraction of sp³-hybridized carbons (Fsp3) is 0.250. The quantitative estimate of drug-likeness (QED) is 0.522. The highest BCUT2D eigenvalue weighted by molar-refractivity contribution is 7.91. The summed E-state index contributed by atoms with van der Waals surface area (Å²) in [5.74, 6) is -3.45. The average Bonchev–Trinajstić information content (AvgIpc) is 3.33. The molecule has 3 N–H and O–H groups in total. The second kappa shape index (κ2) is 9.59. The molecule has 1 saturated heterocycles. The molecule has 11 heteroatoms. The predicted molar refractivity (Wildman–Crippen MR) is 125 cm³/mol. The smallest absolute Gasteiger partial charge is 0.322 e. The van der Waals surface area contributed by atoms with E-state index in [4.69, 9.17) is 0 Å². The zero-order chi connectivity index (χ0) is 25.2. The molecular formula is C24H23F2N3O5S. The molecule has 1 atom stereocenters. The molecule has 0 unspecified atom stereocenters. The maximum absolute atomic E-state index is 14.0. The molecule has 184 valence electrons. The average molecular weight is 504 g/mol. The molecule has 2 aromatic carbocycles. The van der Waals surface area contributed by atoms with Gasteiger partial charge in [-0.2, -0.15) is 4.31 Å². The van der Waals surface area contributed by atoms with Crippen LogP contribution in [0.2, 0.25) is 0 Å². The molecule has 2 aromatic rings. The van der Waals surface area contributed by atoms with Crippen LogP contribution in [-0.4, -0.2) is 47.3 Å². The van der Waals surface area contributed by atoms with E-state index < -0.39 is 44.6 Å². The molecule has 1 fully saturated rings. The summed E-state index contributed by atoms with van der Waals surface area (Å²) in [6.07, 6.45) is 6.25. The van der Waals surface area contributed by atoms with Crippen LogP contribution in [0.4, 0.5) is 19.3 Å². The molecule has 1 aliphatic heterocycles. The van der Waals surface area contributed by atoms with Gasteiger partial charge >= 0.3 is 12.0 Å². The number of nitrogens with one attached hydrogen (secondary N) is 2. The van der Waals surface area contributed by atoms with Crippen LogP contribution < -0.4 is 10.6 Å². The van der Waals surface area contributed by atoms with Gasteiger partial charge in [0.2, 0.25) is 10.0 Å². The Balaban J connectivity index is 1.68. The van der Waals surface area contributed by atoms with E-state index in [1.807, 2.05) is 30.3 Å². The Morgan fingerprint density at radius 2 is 1.74 bits per heavy atom. The van der Waals surface area contributed by atoms with Crippen LogP contribution >= 0.6 is 0 Å². The molecular weight excluding hydrogens is 480 g/mol. The van der Waals surface area contributed by atoms with Gasteiger partial charge in [0.05, 0.1) is 5.69 Å². The van der Waals surface area contributed by atoms with Crippen molar-refractivity contribution in [1.29, 1.82) is 0 Å². The number of nitrogens with zero attached hydrogens (tertiary/aromatic N) is 1. The Hall–Kier alpha value is -3.57. The number of rotatable bonds is 6. The molecule has 0 aromatic heterocycles. The number of anilines is 1. The van der Waals surface area contributed by atoms with Gasteiger partial charge in [-0.3, -0.25) is 4.79 Å². The monoisotopic (exact) mass is 503 g/mol. The van der Waals surface area contributed by atoms with Crippen molar-refractivity contribution >= 4 is 27.7 Å². The molecule has 4 rings (SSSR count). The number of carbonyl (C=O) groups excluding carboxylic acids is 1. The second-order valence-electron chi connectivity index (χ2n) is 8.26. The molecule has 0 bridgehead atoms. The first-order chi connectivity index (χ1) is 16.6. The third-order valence-corrected chi connectivity index (χ3v) is 8.28. The Bertz CT molecular complexity index is 1280. The van der Waals surface area contributed by atoms with E-state index in [9.17, 15) is 31.9 Å². The van der Waals surface area contributed by atoms with Crippen LogP contribution in [0.25, 0.3) is 0 Å². The van der Waals surface area contributed by atoms with E-state index in [-0.39, 0.29) is 24.6 Å². The largest absolute Gasteiger partial charge is 0.480 e. The summed E-state index contributed by atoms with van der Waals surface area (Å²) in [5, 5.41) is 14.1. The zero-order valence-corrected chi connectivity index (χ0v) is 19.2. The number of halogens is 2. The van der Waals surface area contributed by atoms with Gasteiger partial charge in [0.15, 0.2) is 4.87 Å². The molecule has 2 amide bonds. The number of amides is 2. The number of carboxylic acid groups (broad SMARTS) is 1. The number of urea groups is 1. The van der Waals surface area contributed by atoms with Gasteiger partial charge in [-0.15, -0.1) is 0 Å². The van der Waals surface area contributed by atoms with Crippen molar-refractivity contribution < 1.29 is 31.9 Å². The van der Waals surface area contributed by atoms with Crippen LogP contribution in [0.15, 0.2) is 72.8 Å². The molecule has 2 aliphatic rings. The summed E-state index contributed by atoms with van der Waals surface area (Å²) < 4.78 is 55.6. The Labute approximate surface area is 201 Å². The van der Waals surface area contributed by atoms with Crippen LogP contribution in [0.1, 0.15) is 24.3 Å². The molecule has 1 aliphatic carbocycles. The summed E-state index contributed by atoms with van der Waals surface area (Å²) in [6, 6.07) is 9.41. The Kier molecular flexibility index (Phi) is 6.73. The standard InChI is InChI=1S/C24H23F2N3O5S/c25-18-8-9-20(19(26)15-18)27-23(32)28-24(35(33,34)29-14-4-7-21(29)22(30)31)12-10-17(11-13-24)16-5-2-1-3-6-16/h1-3,5-6,8-13,15,17,21H,4,7,14H2,(H,30,31)(H2,27,28,32)/t17?,21-,24?/m0/s1. The van der Waals surface area contributed by atoms with Crippen molar-refractivity contribution in [3.8, 4) is 0 Å². The minimum atomic E-state index is -4.47. The van der Waals surface area contributed by atoms with Crippen molar-refractivity contribution in [2.24, 2.45) is 0 Å². The van der Waals surface area contributed by atoms with Crippen molar-refractivity contribution in [2.45, 2.75) is 29.7 Å². The molecule has 1 heterocycles. The highest BCUT2D eigenvalue weighted by Gasteiger charge is 2.51. The number of aliphatic carboxylic acids is 1. The highest BCUT2D eigenvalue weighted by atomic mass is 32.2. The minimum Gasteiger partial charge on any atom is -0.480 e. The summed E-state index contributed by atoms with van der Waals surface area (Å²) in [5.41, 5.74) is 0.528. The molecule has 35 heavy (non-hydrogen) atoms. The van der Waals surface area contributed by atoms with Crippen LogP contribution in [0.5, 0.6) is 0 Å². The lowest BCUT2D eigenvalue weighted by molar-refractivity contribution is -0.140. The van der Waals surface area contributed by atoms with Gasteiger partial charge in [0.1, 0.15) is 17.7 Å². The lowest BCUT2D eigenvalue weighted by Gasteiger charge is -2.36. The second-order valence-corrected chi connectivity index (χ2v) is 10.4. The normalized spacial score (nSPS) is 24.3. The van der Waals surface area contributed by atoms with E-state index >= 15 is 0 Å². The van der Waals surface area contributed by atoms with E-state index in [1.165, 1.54) is 12.2 Å². The van der Waals surface area contributed by atoms with Crippen LogP contribution in [0, 0.1) is 11.6 Å². The summed E-state index contributed by atoms with van der Waals surface area (Å²) in [6.45, 7) is -0.0271. The predicted octanol–water partition coefficient (Wildman–Crippen LogP) is 3.57. The first kappa shape index (κ1) is 24.6. The van der Waals surface area contributed by atoms with E-state index in [0.717, 1.165) is 22.0 Å². The number of benzene rings is 2. The molecule has 0 saturated carbocycles. The van der Waals surface area contributed by atoms with Crippen molar-refractivity contribution in [3.63, 3.8) is 0 Å². The topological polar surface area (TPSA) is 116 Å². The van der Waals surface area contributed by atoms with Crippen LogP contribution in [-0.2, 0) is 14.8 Å². The number of sulfonamides is 1. The van der Waals surface area contributed by atoms with Crippen molar-refractivity contribution in [3.05, 3.63) is 90.0 Å². The Morgan fingerprint density at radius 3 is 2.37 bits per heavy atom. The highest BCUT2D eigenvalue weighted by Crippen LogP contribution is 2.35. The zero-order valence-electron chi connectivity index (χ0n) is 18.4.